The second kappa shape index (κ2) is 13.7. The molecule has 0 radical (unpaired) electrons. The fourth-order valence-electron chi connectivity index (χ4n) is 2.11. The lowest BCUT2D eigenvalue weighted by molar-refractivity contribution is -0.109. The van der Waals surface area contributed by atoms with E-state index in [1.165, 1.54) is 64.2 Å². The number of hydrogen-bond donors (Lipinski definition) is 1. The molecule has 2 heteroatoms. The Hall–Kier alpha value is -0.370. The smallest absolute Gasteiger partial charge is 0.136 e. The maximum atomic E-state index is 10.3. The molecule has 0 aromatic heterocycles. The molecule has 0 rings (SSSR count). The van der Waals surface area contributed by atoms with E-state index >= 15 is 0 Å². The van der Waals surface area contributed by atoms with Crippen LogP contribution in [-0.2, 0) is 4.79 Å². The summed E-state index contributed by atoms with van der Waals surface area (Å²) in [7, 11) is 0. The highest BCUT2D eigenvalue weighted by atomic mass is 16.1. The predicted molar refractivity (Wildman–Crippen MR) is 75.1 cm³/mol. The molecule has 2 nitrogen and oxygen atoms in total. The van der Waals surface area contributed by atoms with Crippen LogP contribution >= 0.6 is 0 Å². The molecule has 0 saturated carbocycles. The van der Waals surface area contributed by atoms with Crippen molar-refractivity contribution in [3.63, 3.8) is 0 Å². The third-order valence-electron chi connectivity index (χ3n) is 3.32. The lowest BCUT2D eigenvalue weighted by atomic mass is 10.0. The molecule has 1 atom stereocenters. The van der Waals surface area contributed by atoms with Gasteiger partial charge in [0.25, 0.3) is 0 Å². The Morgan fingerprint density at radius 2 is 1.24 bits per heavy atom. The van der Waals surface area contributed by atoms with Crippen LogP contribution in [0, 0.1) is 0 Å². The SMILES string of the molecule is CCCCCCCCCCCCCC(N)C=O. The monoisotopic (exact) mass is 241 g/mol. The van der Waals surface area contributed by atoms with Gasteiger partial charge in [0.15, 0.2) is 0 Å². The summed E-state index contributed by atoms with van der Waals surface area (Å²) in [5.41, 5.74) is 5.53. The van der Waals surface area contributed by atoms with Crippen molar-refractivity contribution in [1.29, 1.82) is 0 Å². The van der Waals surface area contributed by atoms with Gasteiger partial charge in [-0.05, 0) is 6.42 Å². The quantitative estimate of drug-likeness (QED) is 0.387. The van der Waals surface area contributed by atoms with Crippen LogP contribution in [0.4, 0.5) is 0 Å². The largest absolute Gasteiger partial charge is 0.322 e. The van der Waals surface area contributed by atoms with E-state index < -0.39 is 0 Å². The molecule has 0 bridgehead atoms. The van der Waals surface area contributed by atoms with Crippen LogP contribution in [0.3, 0.4) is 0 Å². The molecule has 0 aliphatic heterocycles. The minimum absolute atomic E-state index is 0.228. The molecule has 0 aromatic rings. The van der Waals surface area contributed by atoms with E-state index in [9.17, 15) is 4.79 Å². The molecular weight excluding hydrogens is 210 g/mol. The minimum atomic E-state index is -0.228. The van der Waals surface area contributed by atoms with Gasteiger partial charge in [-0.15, -0.1) is 0 Å². The fraction of sp³-hybridized carbons (Fsp3) is 0.933. The highest BCUT2D eigenvalue weighted by Crippen LogP contribution is 2.11. The summed E-state index contributed by atoms with van der Waals surface area (Å²) in [5, 5.41) is 0. The first kappa shape index (κ1) is 16.6. The van der Waals surface area contributed by atoms with Gasteiger partial charge in [-0.2, -0.15) is 0 Å². The van der Waals surface area contributed by atoms with Crippen molar-refractivity contribution >= 4 is 6.29 Å². The fourth-order valence-corrected chi connectivity index (χ4v) is 2.11. The zero-order valence-corrected chi connectivity index (χ0v) is 11.6. The Morgan fingerprint density at radius 3 is 1.65 bits per heavy atom. The number of carbonyl (C=O) groups is 1. The Bertz CT molecular complexity index is 159. The number of rotatable bonds is 13. The van der Waals surface area contributed by atoms with E-state index in [0.717, 1.165) is 19.1 Å². The molecule has 102 valence electrons. The number of unbranched alkanes of at least 4 members (excludes halogenated alkanes) is 10. The van der Waals surface area contributed by atoms with Crippen LogP contribution in [-0.4, -0.2) is 12.3 Å². The zero-order chi connectivity index (χ0) is 12.8. The summed E-state index contributed by atoms with van der Waals surface area (Å²) in [5.74, 6) is 0. The van der Waals surface area contributed by atoms with E-state index in [1.807, 2.05) is 0 Å². The lowest BCUT2D eigenvalue weighted by Gasteiger charge is -2.04. The molecule has 0 amide bonds. The van der Waals surface area contributed by atoms with E-state index in [2.05, 4.69) is 6.92 Å². The molecule has 2 N–H and O–H groups in total. The molecule has 0 aliphatic carbocycles. The van der Waals surface area contributed by atoms with E-state index in [1.54, 1.807) is 0 Å². The van der Waals surface area contributed by atoms with Crippen LogP contribution in [0.2, 0.25) is 0 Å². The van der Waals surface area contributed by atoms with E-state index in [-0.39, 0.29) is 6.04 Å². The molecule has 0 aliphatic rings. The molecule has 0 fully saturated rings. The van der Waals surface area contributed by atoms with Crippen LogP contribution in [0.15, 0.2) is 0 Å². The van der Waals surface area contributed by atoms with Gasteiger partial charge in [-0.3, -0.25) is 0 Å². The van der Waals surface area contributed by atoms with Crippen molar-refractivity contribution in [2.24, 2.45) is 5.73 Å². The first-order valence-electron chi connectivity index (χ1n) is 7.52. The van der Waals surface area contributed by atoms with Crippen molar-refractivity contribution in [2.75, 3.05) is 0 Å². The Labute approximate surface area is 107 Å². The molecule has 0 aromatic carbocycles. The highest BCUT2D eigenvalue weighted by molar-refractivity contribution is 5.56. The van der Waals surface area contributed by atoms with Crippen LogP contribution in [0.1, 0.15) is 84.0 Å². The molecule has 1 unspecified atom stereocenters. The van der Waals surface area contributed by atoms with Crippen molar-refractivity contribution in [3.05, 3.63) is 0 Å². The van der Waals surface area contributed by atoms with Gasteiger partial charge in [0.1, 0.15) is 6.29 Å². The van der Waals surface area contributed by atoms with E-state index in [0.29, 0.717) is 0 Å². The van der Waals surface area contributed by atoms with Crippen molar-refractivity contribution in [2.45, 2.75) is 90.0 Å². The van der Waals surface area contributed by atoms with Gasteiger partial charge in [0, 0.05) is 0 Å². The molecule has 0 saturated heterocycles. The maximum Gasteiger partial charge on any atom is 0.136 e. The summed E-state index contributed by atoms with van der Waals surface area (Å²) in [6.45, 7) is 2.26. The average molecular weight is 241 g/mol. The summed E-state index contributed by atoms with van der Waals surface area (Å²) in [6, 6.07) is -0.228. The van der Waals surface area contributed by atoms with Gasteiger partial charge < -0.3 is 10.5 Å². The molecule has 17 heavy (non-hydrogen) atoms. The van der Waals surface area contributed by atoms with Gasteiger partial charge >= 0.3 is 0 Å². The molecule has 0 spiro atoms. The topological polar surface area (TPSA) is 43.1 Å². The van der Waals surface area contributed by atoms with Crippen molar-refractivity contribution < 1.29 is 4.79 Å². The van der Waals surface area contributed by atoms with Crippen molar-refractivity contribution in [3.8, 4) is 0 Å². The predicted octanol–water partition coefficient (Wildman–Crippen LogP) is 4.21. The number of nitrogens with two attached hydrogens (primary N) is 1. The van der Waals surface area contributed by atoms with Gasteiger partial charge in [-0.1, -0.05) is 77.6 Å². The zero-order valence-electron chi connectivity index (χ0n) is 11.6. The summed E-state index contributed by atoms with van der Waals surface area (Å²) in [4.78, 5) is 10.3. The Kier molecular flexibility index (Phi) is 13.4. The Morgan fingerprint density at radius 1 is 0.824 bits per heavy atom. The van der Waals surface area contributed by atoms with Crippen LogP contribution < -0.4 is 5.73 Å². The maximum absolute atomic E-state index is 10.3. The number of hydrogen-bond acceptors (Lipinski definition) is 2. The second-order valence-corrected chi connectivity index (χ2v) is 5.12. The normalized spacial score (nSPS) is 12.6. The minimum Gasteiger partial charge on any atom is -0.322 e. The first-order chi connectivity index (χ1) is 8.31. The van der Waals surface area contributed by atoms with E-state index in [4.69, 9.17) is 5.73 Å². The standard InChI is InChI=1S/C15H31NO/c1-2-3-4-5-6-7-8-9-10-11-12-13-15(16)14-17/h14-15H,2-13,16H2,1H3. The molecule has 0 heterocycles. The van der Waals surface area contributed by atoms with Crippen molar-refractivity contribution in [1.82, 2.24) is 0 Å². The number of aldehydes is 1. The van der Waals surface area contributed by atoms with Gasteiger partial charge in [0.05, 0.1) is 6.04 Å². The summed E-state index contributed by atoms with van der Waals surface area (Å²) in [6.07, 6.45) is 16.5. The van der Waals surface area contributed by atoms with Gasteiger partial charge in [0.2, 0.25) is 0 Å². The third-order valence-corrected chi connectivity index (χ3v) is 3.32. The summed E-state index contributed by atoms with van der Waals surface area (Å²) >= 11 is 0. The highest BCUT2D eigenvalue weighted by Gasteiger charge is 1.98. The molecular formula is C15H31NO. The number of carbonyl (C=O) groups excluding carboxylic acids is 1. The second-order valence-electron chi connectivity index (χ2n) is 5.12. The van der Waals surface area contributed by atoms with Gasteiger partial charge in [-0.25, -0.2) is 0 Å². The van der Waals surface area contributed by atoms with Crippen LogP contribution in [0.5, 0.6) is 0 Å². The van der Waals surface area contributed by atoms with Crippen LogP contribution in [0.25, 0.3) is 0 Å². The Balaban J connectivity index is 2.96. The third kappa shape index (κ3) is 13.6. The summed E-state index contributed by atoms with van der Waals surface area (Å²) < 4.78 is 0. The first-order valence-corrected chi connectivity index (χ1v) is 7.52. The lowest BCUT2D eigenvalue weighted by Crippen LogP contribution is -2.20. The average Bonchev–Trinajstić information content (AvgIpc) is 2.35.